The second kappa shape index (κ2) is 9.08. The summed E-state index contributed by atoms with van der Waals surface area (Å²) in [5.74, 6) is -0.580. The summed E-state index contributed by atoms with van der Waals surface area (Å²) in [6.07, 6.45) is 0. The second-order valence-electron chi connectivity index (χ2n) is 6.89. The molecule has 0 aliphatic rings. The van der Waals surface area contributed by atoms with Crippen molar-refractivity contribution >= 4 is 46.6 Å². The molecule has 1 aromatic heterocycles. The van der Waals surface area contributed by atoms with E-state index in [-0.39, 0.29) is 17.4 Å². The maximum atomic E-state index is 12.7. The summed E-state index contributed by atoms with van der Waals surface area (Å²) in [5, 5.41) is 9.61. The minimum Gasteiger partial charge on any atom is -0.384 e. The third kappa shape index (κ3) is 4.61. The third-order valence-corrected chi connectivity index (χ3v) is 5.19. The summed E-state index contributed by atoms with van der Waals surface area (Å²) < 4.78 is 1.57. The number of nitrogens with two attached hydrogens (primary N) is 1. The fourth-order valence-electron chi connectivity index (χ4n) is 2.71. The molecule has 3 aromatic rings. The van der Waals surface area contributed by atoms with E-state index in [1.54, 1.807) is 41.9 Å². The highest BCUT2D eigenvalue weighted by Crippen LogP contribution is 2.33. The van der Waals surface area contributed by atoms with Gasteiger partial charge in [0.05, 0.1) is 16.4 Å². The lowest BCUT2D eigenvalue weighted by atomic mass is 10.1. The molecule has 156 valence electrons. The number of oxime groups is 1. The van der Waals surface area contributed by atoms with Crippen molar-refractivity contribution in [2.75, 3.05) is 0 Å². The number of aromatic nitrogens is 2. The Bertz CT molecular complexity index is 1120. The molecule has 2 N–H and O–H groups in total. The van der Waals surface area contributed by atoms with Crippen LogP contribution in [0.3, 0.4) is 0 Å². The van der Waals surface area contributed by atoms with Crippen LogP contribution < -0.4 is 5.73 Å². The van der Waals surface area contributed by atoms with Crippen LogP contribution >= 0.6 is 34.8 Å². The minimum atomic E-state index is -0.727. The van der Waals surface area contributed by atoms with Crippen LogP contribution in [-0.2, 0) is 4.84 Å². The number of hydrogen-bond acceptors (Lipinski definition) is 4. The molecule has 0 aliphatic carbocycles. The first kappa shape index (κ1) is 22.2. The Morgan fingerprint density at radius 1 is 1.10 bits per heavy atom. The van der Waals surface area contributed by atoms with Gasteiger partial charge in [0, 0.05) is 27.1 Å². The number of amidine groups is 1. The van der Waals surface area contributed by atoms with Crippen molar-refractivity contribution < 1.29 is 9.63 Å². The predicted octanol–water partition coefficient (Wildman–Crippen LogP) is 5.89. The molecule has 0 saturated heterocycles. The molecule has 0 spiro atoms. The van der Waals surface area contributed by atoms with Crippen LogP contribution in [0.1, 0.15) is 29.9 Å². The average Bonchev–Trinajstić information content (AvgIpc) is 3.03. The molecule has 0 bridgehead atoms. The molecule has 0 unspecified atom stereocenters. The van der Waals surface area contributed by atoms with E-state index in [0.717, 1.165) is 5.56 Å². The molecule has 0 fully saturated rings. The van der Waals surface area contributed by atoms with Crippen LogP contribution in [0.2, 0.25) is 15.1 Å². The number of rotatable bonds is 5. The number of nitrogens with zero attached hydrogens (tertiary/aromatic N) is 3. The van der Waals surface area contributed by atoms with E-state index >= 15 is 0 Å². The van der Waals surface area contributed by atoms with Crippen molar-refractivity contribution in [1.29, 1.82) is 0 Å². The number of halogens is 3. The van der Waals surface area contributed by atoms with Crippen molar-refractivity contribution in [2.24, 2.45) is 16.8 Å². The molecule has 0 atom stereocenters. The normalized spacial score (nSPS) is 11.8. The van der Waals surface area contributed by atoms with Gasteiger partial charge in [0.25, 0.3) is 0 Å². The van der Waals surface area contributed by atoms with Crippen LogP contribution in [0, 0.1) is 12.8 Å². The maximum absolute atomic E-state index is 12.7. The summed E-state index contributed by atoms with van der Waals surface area (Å²) in [5.41, 5.74) is 8.43. The standard InChI is InChI=1S/C21H19Cl3N4O2/c1-11(2)20(25)27-30-21(29)18-12(3)19(13-4-6-14(22)7-5-13)28(26-18)17-9-8-15(23)10-16(17)24/h4-11H,1-3H3,(H2,25,27). The van der Waals surface area contributed by atoms with E-state index in [1.807, 2.05) is 26.0 Å². The Morgan fingerprint density at radius 2 is 1.73 bits per heavy atom. The zero-order valence-electron chi connectivity index (χ0n) is 16.5. The van der Waals surface area contributed by atoms with Crippen molar-refractivity contribution in [2.45, 2.75) is 20.8 Å². The summed E-state index contributed by atoms with van der Waals surface area (Å²) >= 11 is 18.5. The van der Waals surface area contributed by atoms with Gasteiger partial charge in [-0.1, -0.05) is 65.9 Å². The van der Waals surface area contributed by atoms with Crippen LogP contribution in [0.5, 0.6) is 0 Å². The molecule has 30 heavy (non-hydrogen) atoms. The highest BCUT2D eigenvalue weighted by molar-refractivity contribution is 6.35. The largest absolute Gasteiger partial charge is 0.386 e. The van der Waals surface area contributed by atoms with Gasteiger partial charge in [-0.3, -0.25) is 0 Å². The van der Waals surface area contributed by atoms with E-state index < -0.39 is 5.97 Å². The van der Waals surface area contributed by atoms with Crippen molar-refractivity contribution in [3.8, 4) is 16.9 Å². The van der Waals surface area contributed by atoms with Crippen LogP contribution in [0.25, 0.3) is 16.9 Å². The van der Waals surface area contributed by atoms with Gasteiger partial charge in [-0.15, -0.1) is 0 Å². The summed E-state index contributed by atoms with van der Waals surface area (Å²) in [4.78, 5) is 17.7. The Morgan fingerprint density at radius 3 is 2.33 bits per heavy atom. The molecule has 9 heteroatoms. The molecular weight excluding hydrogens is 447 g/mol. The number of carbonyl (C=O) groups excluding carboxylic acids is 1. The maximum Gasteiger partial charge on any atom is 0.386 e. The van der Waals surface area contributed by atoms with Gasteiger partial charge in [0.2, 0.25) is 0 Å². The van der Waals surface area contributed by atoms with Crippen molar-refractivity contribution in [1.82, 2.24) is 9.78 Å². The molecule has 0 aliphatic heterocycles. The van der Waals surface area contributed by atoms with E-state index in [4.69, 9.17) is 45.4 Å². The number of carbonyl (C=O) groups is 1. The topological polar surface area (TPSA) is 82.5 Å². The Balaban J connectivity index is 2.15. The molecular formula is C21H19Cl3N4O2. The van der Waals surface area contributed by atoms with Gasteiger partial charge in [0.1, 0.15) is 5.84 Å². The molecule has 0 radical (unpaired) electrons. The van der Waals surface area contributed by atoms with E-state index in [1.165, 1.54) is 0 Å². The van der Waals surface area contributed by atoms with E-state index in [2.05, 4.69) is 10.3 Å². The van der Waals surface area contributed by atoms with E-state index in [0.29, 0.717) is 32.0 Å². The van der Waals surface area contributed by atoms with Gasteiger partial charge < -0.3 is 10.6 Å². The van der Waals surface area contributed by atoms with Gasteiger partial charge >= 0.3 is 5.97 Å². The van der Waals surface area contributed by atoms with Crippen LogP contribution in [-0.4, -0.2) is 21.6 Å². The first-order valence-corrected chi connectivity index (χ1v) is 10.2. The molecule has 6 nitrogen and oxygen atoms in total. The Hall–Kier alpha value is -2.54. The minimum absolute atomic E-state index is 0.0612. The molecule has 2 aromatic carbocycles. The molecule has 1 heterocycles. The van der Waals surface area contributed by atoms with Crippen molar-refractivity contribution in [3.05, 3.63) is 68.8 Å². The predicted molar refractivity (Wildman–Crippen MR) is 121 cm³/mol. The molecule has 3 rings (SSSR count). The van der Waals surface area contributed by atoms with Crippen molar-refractivity contribution in [3.63, 3.8) is 0 Å². The monoisotopic (exact) mass is 464 g/mol. The zero-order valence-corrected chi connectivity index (χ0v) is 18.8. The van der Waals surface area contributed by atoms with Gasteiger partial charge in [-0.05, 0) is 37.3 Å². The molecule has 0 saturated carbocycles. The lowest BCUT2D eigenvalue weighted by Gasteiger charge is -2.11. The SMILES string of the molecule is Cc1c(C(=O)O/N=C(/N)C(C)C)nn(-c2ccc(Cl)cc2Cl)c1-c1ccc(Cl)cc1. The van der Waals surface area contributed by atoms with Crippen LogP contribution in [0.4, 0.5) is 0 Å². The number of hydrogen-bond donors (Lipinski definition) is 1. The second-order valence-corrected chi connectivity index (χ2v) is 8.17. The highest BCUT2D eigenvalue weighted by Gasteiger charge is 2.24. The highest BCUT2D eigenvalue weighted by atomic mass is 35.5. The Kier molecular flexibility index (Phi) is 6.71. The lowest BCUT2D eigenvalue weighted by Crippen LogP contribution is -2.20. The summed E-state index contributed by atoms with van der Waals surface area (Å²) in [7, 11) is 0. The fraction of sp³-hybridized carbons (Fsp3) is 0.190. The number of benzene rings is 2. The third-order valence-electron chi connectivity index (χ3n) is 4.40. The lowest BCUT2D eigenvalue weighted by molar-refractivity contribution is 0.0505. The quantitative estimate of drug-likeness (QED) is 0.220. The van der Waals surface area contributed by atoms with Crippen LogP contribution in [0.15, 0.2) is 47.6 Å². The smallest absolute Gasteiger partial charge is 0.384 e. The van der Waals surface area contributed by atoms with Gasteiger partial charge in [-0.2, -0.15) is 5.10 Å². The first-order valence-electron chi connectivity index (χ1n) is 9.04. The Labute approximate surface area is 189 Å². The average molecular weight is 466 g/mol. The van der Waals surface area contributed by atoms with Gasteiger partial charge in [0.15, 0.2) is 5.69 Å². The van der Waals surface area contributed by atoms with E-state index in [9.17, 15) is 4.79 Å². The zero-order chi connectivity index (χ0) is 22.0. The first-order chi connectivity index (χ1) is 14.2. The fourth-order valence-corrected chi connectivity index (χ4v) is 3.32. The van der Waals surface area contributed by atoms with Gasteiger partial charge in [-0.25, -0.2) is 9.48 Å². The molecule has 0 amide bonds. The summed E-state index contributed by atoms with van der Waals surface area (Å²) in [6, 6.07) is 12.2. The summed E-state index contributed by atoms with van der Waals surface area (Å²) in [6.45, 7) is 5.45.